The van der Waals surface area contributed by atoms with Crippen molar-refractivity contribution in [3.8, 4) is 0 Å². The van der Waals surface area contributed by atoms with Crippen LogP contribution in [0.1, 0.15) is 6.92 Å². The molecule has 0 aliphatic carbocycles. The van der Waals surface area contributed by atoms with Crippen molar-refractivity contribution in [3.63, 3.8) is 0 Å². The number of carbonyl (C=O) groups excluding carboxylic acids is 2. The van der Waals surface area contributed by atoms with Crippen molar-refractivity contribution in [2.45, 2.75) is 6.92 Å². The number of ketones is 1. The molecule has 0 aromatic heterocycles. The summed E-state index contributed by atoms with van der Waals surface area (Å²) < 4.78 is 0. The zero-order valence-electron chi connectivity index (χ0n) is 5.38. The van der Waals surface area contributed by atoms with E-state index in [1.54, 1.807) is 6.26 Å². The standard InChI is InChI=1S/C6H8O2S/c1-5(7)3-4-6(8)9-2/h3-4H,1-2H3/b4-3+. The summed E-state index contributed by atoms with van der Waals surface area (Å²) in [5.74, 6) is -0.0996. The molecule has 0 saturated heterocycles. The molecule has 0 amide bonds. The molecule has 0 fully saturated rings. The zero-order valence-corrected chi connectivity index (χ0v) is 6.20. The number of rotatable bonds is 2. The maximum Gasteiger partial charge on any atom is 0.212 e. The Bertz CT molecular complexity index is 149. The van der Waals surface area contributed by atoms with Crippen molar-refractivity contribution in [1.82, 2.24) is 0 Å². The summed E-state index contributed by atoms with van der Waals surface area (Å²) in [6, 6.07) is 0. The predicted molar refractivity (Wildman–Crippen MR) is 38.3 cm³/mol. The summed E-state index contributed by atoms with van der Waals surface area (Å²) >= 11 is 1.09. The Balaban J connectivity index is 3.71. The lowest BCUT2D eigenvalue weighted by molar-refractivity contribution is -0.113. The number of hydrogen-bond donors (Lipinski definition) is 0. The van der Waals surface area contributed by atoms with Crippen molar-refractivity contribution in [1.29, 1.82) is 0 Å². The molecule has 0 heterocycles. The molecule has 0 saturated carbocycles. The SMILES string of the molecule is CSC(=O)/C=C/C(C)=O. The summed E-state index contributed by atoms with van der Waals surface area (Å²) in [5.41, 5.74) is 0. The van der Waals surface area contributed by atoms with E-state index in [1.165, 1.54) is 19.1 Å². The van der Waals surface area contributed by atoms with Gasteiger partial charge in [-0.3, -0.25) is 9.59 Å². The fourth-order valence-electron chi connectivity index (χ4n) is 0.253. The van der Waals surface area contributed by atoms with E-state index in [2.05, 4.69) is 0 Å². The molecular weight excluding hydrogens is 136 g/mol. The van der Waals surface area contributed by atoms with E-state index >= 15 is 0 Å². The van der Waals surface area contributed by atoms with Gasteiger partial charge in [0.2, 0.25) is 5.12 Å². The largest absolute Gasteiger partial charge is 0.295 e. The first-order valence-electron chi connectivity index (χ1n) is 2.43. The fourth-order valence-corrected chi connectivity index (χ4v) is 0.458. The van der Waals surface area contributed by atoms with Crippen LogP contribution in [0, 0.1) is 0 Å². The van der Waals surface area contributed by atoms with Gasteiger partial charge in [-0.25, -0.2) is 0 Å². The van der Waals surface area contributed by atoms with Crippen LogP contribution in [0.15, 0.2) is 12.2 Å². The zero-order chi connectivity index (χ0) is 7.28. The quantitative estimate of drug-likeness (QED) is 0.543. The molecule has 0 rings (SSSR count). The van der Waals surface area contributed by atoms with Gasteiger partial charge in [0.15, 0.2) is 5.78 Å². The number of allylic oxidation sites excluding steroid dienone is 1. The third-order valence-electron chi connectivity index (χ3n) is 0.655. The molecule has 0 spiro atoms. The van der Waals surface area contributed by atoms with Gasteiger partial charge in [-0.1, -0.05) is 11.8 Å². The Kier molecular flexibility index (Phi) is 4.05. The molecule has 0 unspecified atom stereocenters. The number of thioether (sulfide) groups is 1. The minimum Gasteiger partial charge on any atom is -0.295 e. The highest BCUT2D eigenvalue weighted by Gasteiger charge is 1.89. The average molecular weight is 144 g/mol. The highest BCUT2D eigenvalue weighted by molar-refractivity contribution is 8.13. The van der Waals surface area contributed by atoms with E-state index in [1.807, 2.05) is 0 Å². The molecular formula is C6H8O2S. The molecule has 0 bridgehead atoms. The van der Waals surface area contributed by atoms with E-state index < -0.39 is 0 Å². The first-order valence-corrected chi connectivity index (χ1v) is 3.66. The predicted octanol–water partition coefficient (Wildman–Crippen LogP) is 1.02. The van der Waals surface area contributed by atoms with Gasteiger partial charge in [0.1, 0.15) is 0 Å². The highest BCUT2D eigenvalue weighted by atomic mass is 32.2. The molecule has 0 aliphatic heterocycles. The molecule has 50 valence electrons. The second kappa shape index (κ2) is 4.32. The van der Waals surface area contributed by atoms with Crippen LogP contribution in [0.3, 0.4) is 0 Å². The van der Waals surface area contributed by atoms with Gasteiger partial charge in [-0.05, 0) is 25.3 Å². The Morgan fingerprint density at radius 1 is 1.33 bits per heavy atom. The summed E-state index contributed by atoms with van der Waals surface area (Å²) in [4.78, 5) is 20.7. The Labute approximate surface area is 58.3 Å². The maximum atomic E-state index is 10.4. The van der Waals surface area contributed by atoms with Crippen LogP contribution < -0.4 is 0 Å². The minimum absolute atomic E-state index is 0.0924. The third-order valence-corrected chi connectivity index (χ3v) is 1.19. The van der Waals surface area contributed by atoms with Gasteiger partial charge >= 0.3 is 0 Å². The molecule has 3 heteroatoms. The van der Waals surface area contributed by atoms with Crippen molar-refractivity contribution in [2.75, 3.05) is 6.26 Å². The lowest BCUT2D eigenvalue weighted by Gasteiger charge is -1.80. The number of hydrogen-bond acceptors (Lipinski definition) is 3. The maximum absolute atomic E-state index is 10.4. The van der Waals surface area contributed by atoms with Crippen LogP contribution in [0.4, 0.5) is 0 Å². The van der Waals surface area contributed by atoms with Crippen LogP contribution in [0.2, 0.25) is 0 Å². The van der Waals surface area contributed by atoms with Crippen molar-refractivity contribution >= 4 is 22.7 Å². The van der Waals surface area contributed by atoms with Crippen LogP contribution in [-0.2, 0) is 9.59 Å². The van der Waals surface area contributed by atoms with E-state index in [0.717, 1.165) is 11.8 Å². The van der Waals surface area contributed by atoms with E-state index in [-0.39, 0.29) is 10.9 Å². The molecule has 0 aromatic carbocycles. The van der Waals surface area contributed by atoms with Crippen molar-refractivity contribution < 1.29 is 9.59 Å². The van der Waals surface area contributed by atoms with Gasteiger partial charge in [0.05, 0.1) is 0 Å². The second-order valence-electron chi connectivity index (χ2n) is 1.47. The molecule has 0 radical (unpaired) electrons. The second-order valence-corrected chi connectivity index (χ2v) is 2.28. The Hall–Kier alpha value is -0.570. The van der Waals surface area contributed by atoms with Crippen LogP contribution in [0.5, 0.6) is 0 Å². The van der Waals surface area contributed by atoms with Crippen LogP contribution in [-0.4, -0.2) is 17.2 Å². The van der Waals surface area contributed by atoms with Crippen molar-refractivity contribution in [2.24, 2.45) is 0 Å². The molecule has 0 aromatic rings. The first-order chi connectivity index (χ1) is 4.16. The summed E-state index contributed by atoms with van der Waals surface area (Å²) in [5, 5.41) is -0.0924. The first kappa shape index (κ1) is 8.43. The number of carbonyl (C=O) groups is 2. The topological polar surface area (TPSA) is 34.1 Å². The third kappa shape index (κ3) is 5.30. The van der Waals surface area contributed by atoms with Crippen LogP contribution >= 0.6 is 11.8 Å². The lowest BCUT2D eigenvalue weighted by Crippen LogP contribution is -1.85. The lowest BCUT2D eigenvalue weighted by atomic mass is 10.4. The average Bonchev–Trinajstić information content (AvgIpc) is 1.83. The fraction of sp³-hybridized carbons (Fsp3) is 0.333. The summed E-state index contributed by atoms with van der Waals surface area (Å²) in [6.45, 7) is 1.41. The van der Waals surface area contributed by atoms with Gasteiger partial charge in [-0.2, -0.15) is 0 Å². The van der Waals surface area contributed by atoms with Gasteiger partial charge < -0.3 is 0 Å². The Morgan fingerprint density at radius 2 is 1.89 bits per heavy atom. The van der Waals surface area contributed by atoms with E-state index in [0.29, 0.717) is 0 Å². The minimum atomic E-state index is -0.0996. The van der Waals surface area contributed by atoms with E-state index in [9.17, 15) is 9.59 Å². The summed E-state index contributed by atoms with van der Waals surface area (Å²) in [7, 11) is 0. The van der Waals surface area contributed by atoms with Gasteiger partial charge in [-0.15, -0.1) is 0 Å². The molecule has 0 aliphatic rings. The smallest absolute Gasteiger partial charge is 0.212 e. The molecule has 9 heavy (non-hydrogen) atoms. The molecule has 0 N–H and O–H groups in total. The normalized spacial score (nSPS) is 10.0. The van der Waals surface area contributed by atoms with Gasteiger partial charge in [0, 0.05) is 0 Å². The Morgan fingerprint density at radius 3 is 2.22 bits per heavy atom. The highest BCUT2D eigenvalue weighted by Crippen LogP contribution is 1.94. The van der Waals surface area contributed by atoms with Crippen molar-refractivity contribution in [3.05, 3.63) is 12.2 Å². The van der Waals surface area contributed by atoms with Gasteiger partial charge in [0.25, 0.3) is 0 Å². The summed E-state index contributed by atoms with van der Waals surface area (Å²) in [6.07, 6.45) is 4.21. The van der Waals surface area contributed by atoms with Crippen LogP contribution in [0.25, 0.3) is 0 Å². The van der Waals surface area contributed by atoms with E-state index in [4.69, 9.17) is 0 Å². The molecule has 2 nitrogen and oxygen atoms in total. The monoisotopic (exact) mass is 144 g/mol. The molecule has 0 atom stereocenters.